The molecule has 3 nitrogen and oxygen atoms in total. The molecule has 1 heterocycles. The lowest BCUT2D eigenvalue weighted by Gasteiger charge is -2.23. The summed E-state index contributed by atoms with van der Waals surface area (Å²) < 4.78 is 4.62. The van der Waals surface area contributed by atoms with E-state index in [2.05, 4.69) is 4.74 Å². The Bertz CT molecular complexity index is 280. The number of carbonyl (C=O) groups excluding carboxylic acids is 2. The molecule has 1 aliphatic heterocycles. The zero-order chi connectivity index (χ0) is 9.42. The minimum atomic E-state index is -0.335. The molecule has 0 spiro atoms. The molecule has 3 unspecified atom stereocenters. The molecule has 0 bridgehead atoms. The first-order valence-electron chi connectivity index (χ1n) is 4.66. The van der Waals surface area contributed by atoms with E-state index >= 15 is 0 Å². The molecular formula is C10H12O3. The average molecular weight is 180 g/mol. The fraction of sp³-hybridized carbons (Fsp3) is 0.600. The van der Waals surface area contributed by atoms with Gasteiger partial charge in [-0.2, -0.15) is 0 Å². The van der Waals surface area contributed by atoms with Crippen LogP contribution in [-0.2, 0) is 14.3 Å². The van der Waals surface area contributed by atoms with Gasteiger partial charge in [-0.05, 0) is 18.8 Å². The van der Waals surface area contributed by atoms with Gasteiger partial charge in [0.25, 0.3) is 0 Å². The molecule has 70 valence electrons. The van der Waals surface area contributed by atoms with Gasteiger partial charge < -0.3 is 4.74 Å². The zero-order valence-electron chi connectivity index (χ0n) is 7.53. The summed E-state index contributed by atoms with van der Waals surface area (Å²) in [6.45, 7) is 2.02. The average Bonchev–Trinajstić information content (AvgIpc) is 2.43. The van der Waals surface area contributed by atoms with Crippen molar-refractivity contribution in [1.29, 1.82) is 0 Å². The van der Waals surface area contributed by atoms with Crippen molar-refractivity contribution in [3.05, 3.63) is 12.2 Å². The van der Waals surface area contributed by atoms with Crippen molar-refractivity contribution < 1.29 is 14.3 Å². The maximum atomic E-state index is 11.3. The van der Waals surface area contributed by atoms with E-state index in [0.29, 0.717) is 6.42 Å². The number of carbonyl (C=O) groups is 2. The van der Waals surface area contributed by atoms with Crippen LogP contribution in [0.15, 0.2) is 12.2 Å². The summed E-state index contributed by atoms with van der Waals surface area (Å²) in [5.74, 6) is -0.883. The van der Waals surface area contributed by atoms with Crippen molar-refractivity contribution in [3.8, 4) is 0 Å². The predicted octanol–water partition coefficient (Wildman–Crippen LogP) is 1.29. The van der Waals surface area contributed by atoms with Crippen LogP contribution in [0.4, 0.5) is 0 Å². The van der Waals surface area contributed by atoms with Crippen molar-refractivity contribution in [2.45, 2.75) is 19.8 Å². The van der Waals surface area contributed by atoms with Crippen LogP contribution in [0.25, 0.3) is 0 Å². The molecule has 3 heteroatoms. The van der Waals surface area contributed by atoms with Gasteiger partial charge in [-0.3, -0.25) is 9.59 Å². The Morgan fingerprint density at radius 2 is 2.23 bits per heavy atom. The molecule has 2 aliphatic rings. The fourth-order valence-electron chi connectivity index (χ4n) is 2.18. The maximum absolute atomic E-state index is 11.3. The van der Waals surface area contributed by atoms with Crippen LogP contribution in [0.3, 0.4) is 0 Å². The number of esters is 2. The molecule has 1 saturated heterocycles. The molecule has 1 fully saturated rings. The lowest BCUT2D eigenvalue weighted by atomic mass is 9.76. The molecule has 0 aromatic rings. The summed E-state index contributed by atoms with van der Waals surface area (Å²) in [7, 11) is 0. The molecule has 0 aromatic carbocycles. The van der Waals surface area contributed by atoms with Gasteiger partial charge in [-0.1, -0.05) is 19.1 Å². The van der Waals surface area contributed by atoms with Gasteiger partial charge in [-0.25, -0.2) is 0 Å². The summed E-state index contributed by atoms with van der Waals surface area (Å²) in [5, 5.41) is 0. The third kappa shape index (κ3) is 1.19. The van der Waals surface area contributed by atoms with Gasteiger partial charge in [-0.15, -0.1) is 0 Å². The van der Waals surface area contributed by atoms with Gasteiger partial charge in [0.05, 0.1) is 11.8 Å². The van der Waals surface area contributed by atoms with Crippen molar-refractivity contribution in [2.75, 3.05) is 0 Å². The summed E-state index contributed by atoms with van der Waals surface area (Å²) in [4.78, 5) is 22.5. The third-order valence-corrected chi connectivity index (χ3v) is 2.92. The van der Waals surface area contributed by atoms with Crippen LogP contribution in [0.5, 0.6) is 0 Å². The normalized spacial score (nSPS) is 37.5. The van der Waals surface area contributed by atoms with Crippen LogP contribution in [-0.4, -0.2) is 11.9 Å². The van der Waals surface area contributed by atoms with Crippen LogP contribution in [0.2, 0.25) is 0 Å². The lowest BCUT2D eigenvalue weighted by molar-refractivity contribution is -0.154. The van der Waals surface area contributed by atoms with Crippen LogP contribution in [0.1, 0.15) is 19.8 Å². The Morgan fingerprint density at radius 3 is 2.92 bits per heavy atom. The van der Waals surface area contributed by atoms with Gasteiger partial charge in [0.1, 0.15) is 0 Å². The Morgan fingerprint density at radius 1 is 1.46 bits per heavy atom. The number of hydrogen-bond donors (Lipinski definition) is 0. The topological polar surface area (TPSA) is 43.4 Å². The molecular weight excluding hydrogens is 168 g/mol. The SMILES string of the molecule is CCC1C=CCC2C(=O)OC(=O)C12. The molecule has 3 atom stereocenters. The molecule has 13 heavy (non-hydrogen) atoms. The summed E-state index contributed by atoms with van der Waals surface area (Å²) in [5.41, 5.74) is 0. The highest BCUT2D eigenvalue weighted by Crippen LogP contribution is 2.38. The van der Waals surface area contributed by atoms with E-state index in [4.69, 9.17) is 0 Å². The van der Waals surface area contributed by atoms with E-state index in [-0.39, 0.29) is 29.7 Å². The number of ether oxygens (including phenoxy) is 1. The molecule has 0 saturated carbocycles. The standard InChI is InChI=1S/C10H12O3/c1-2-6-4-3-5-7-8(6)10(12)13-9(7)11/h3-4,6-8H,2,5H2,1H3. The minimum absolute atomic E-state index is 0.192. The summed E-state index contributed by atoms with van der Waals surface area (Å²) in [6, 6.07) is 0. The molecule has 1 aliphatic carbocycles. The Balaban J connectivity index is 2.29. The smallest absolute Gasteiger partial charge is 0.318 e. The molecule has 0 aromatic heterocycles. The van der Waals surface area contributed by atoms with Crippen LogP contribution >= 0.6 is 0 Å². The third-order valence-electron chi connectivity index (χ3n) is 2.92. The van der Waals surface area contributed by atoms with E-state index in [9.17, 15) is 9.59 Å². The van der Waals surface area contributed by atoms with Gasteiger partial charge in [0.15, 0.2) is 0 Å². The highest BCUT2D eigenvalue weighted by atomic mass is 16.6. The zero-order valence-corrected chi connectivity index (χ0v) is 7.53. The highest BCUT2D eigenvalue weighted by Gasteiger charge is 2.47. The first kappa shape index (κ1) is 8.48. The van der Waals surface area contributed by atoms with Crippen molar-refractivity contribution in [3.63, 3.8) is 0 Å². The molecule has 0 radical (unpaired) electrons. The van der Waals surface area contributed by atoms with Gasteiger partial charge >= 0.3 is 11.9 Å². The number of allylic oxidation sites excluding steroid dienone is 2. The summed E-state index contributed by atoms with van der Waals surface area (Å²) in [6.07, 6.45) is 5.56. The second kappa shape index (κ2) is 2.98. The van der Waals surface area contributed by atoms with E-state index in [0.717, 1.165) is 6.42 Å². The van der Waals surface area contributed by atoms with Gasteiger partial charge in [0.2, 0.25) is 0 Å². The largest absolute Gasteiger partial charge is 0.393 e. The number of hydrogen-bond acceptors (Lipinski definition) is 3. The highest BCUT2D eigenvalue weighted by molar-refractivity contribution is 5.97. The van der Waals surface area contributed by atoms with Gasteiger partial charge in [0, 0.05) is 0 Å². The second-order valence-electron chi connectivity index (χ2n) is 3.61. The van der Waals surface area contributed by atoms with Crippen LogP contribution < -0.4 is 0 Å². The van der Waals surface area contributed by atoms with Crippen molar-refractivity contribution in [1.82, 2.24) is 0 Å². The Hall–Kier alpha value is -1.12. The summed E-state index contributed by atoms with van der Waals surface area (Å²) >= 11 is 0. The Kier molecular flexibility index (Phi) is 1.94. The Labute approximate surface area is 76.8 Å². The molecule has 0 N–H and O–H groups in total. The minimum Gasteiger partial charge on any atom is -0.393 e. The first-order valence-corrected chi connectivity index (χ1v) is 4.66. The number of cyclic esters (lactones) is 2. The predicted molar refractivity (Wildman–Crippen MR) is 45.6 cm³/mol. The number of fused-ring (bicyclic) bond motifs is 1. The van der Waals surface area contributed by atoms with E-state index in [1.54, 1.807) is 0 Å². The molecule has 2 rings (SSSR count). The lowest BCUT2D eigenvalue weighted by Crippen LogP contribution is -2.27. The van der Waals surface area contributed by atoms with Crippen LogP contribution in [0, 0.1) is 17.8 Å². The fourth-order valence-corrected chi connectivity index (χ4v) is 2.18. The quantitative estimate of drug-likeness (QED) is 0.347. The first-order chi connectivity index (χ1) is 6.24. The van der Waals surface area contributed by atoms with E-state index in [1.807, 2.05) is 19.1 Å². The maximum Gasteiger partial charge on any atom is 0.318 e. The van der Waals surface area contributed by atoms with Crippen molar-refractivity contribution >= 4 is 11.9 Å². The van der Waals surface area contributed by atoms with E-state index in [1.165, 1.54) is 0 Å². The number of rotatable bonds is 1. The van der Waals surface area contributed by atoms with E-state index < -0.39 is 0 Å². The monoisotopic (exact) mass is 180 g/mol. The van der Waals surface area contributed by atoms with Crippen molar-refractivity contribution in [2.24, 2.45) is 17.8 Å². The second-order valence-corrected chi connectivity index (χ2v) is 3.61. The molecule has 0 amide bonds.